The summed E-state index contributed by atoms with van der Waals surface area (Å²) in [5, 5.41) is 9.84. The lowest BCUT2D eigenvalue weighted by atomic mass is 10.1. The molecule has 9 heteroatoms. The molecule has 2 unspecified atom stereocenters. The molecule has 6 nitrogen and oxygen atoms in total. The number of aromatic nitrogens is 2. The number of alkyl halides is 2. The first kappa shape index (κ1) is 20.9. The van der Waals surface area contributed by atoms with Gasteiger partial charge in [-0.15, -0.1) is 12.4 Å². The number of hydrogen-bond acceptors (Lipinski definition) is 4. The second kappa shape index (κ2) is 9.33. The fourth-order valence-electron chi connectivity index (χ4n) is 2.38. The Hall–Kier alpha value is -2.19. The van der Waals surface area contributed by atoms with Gasteiger partial charge in [0.15, 0.2) is 0 Å². The highest BCUT2D eigenvalue weighted by molar-refractivity contribution is 5.85. The minimum atomic E-state index is -2.88. The normalized spacial score (nSPS) is 13.0. The molecule has 2 rings (SSSR count). The Morgan fingerprint density at radius 3 is 2.60 bits per heavy atom. The number of carbonyl (C=O) groups is 1. The smallest absolute Gasteiger partial charge is 0.387 e. The number of nitrogens with zero attached hydrogens (tertiary/aromatic N) is 2. The van der Waals surface area contributed by atoms with E-state index in [1.165, 1.54) is 12.1 Å². The van der Waals surface area contributed by atoms with Gasteiger partial charge in [-0.3, -0.25) is 9.48 Å². The molecule has 25 heavy (non-hydrogen) atoms. The Morgan fingerprint density at radius 1 is 1.32 bits per heavy atom. The van der Waals surface area contributed by atoms with Crippen LogP contribution in [0.5, 0.6) is 5.75 Å². The molecular weight excluding hydrogens is 354 g/mol. The molecule has 138 valence electrons. The Kier molecular flexibility index (Phi) is 7.79. The number of carbonyl (C=O) groups excluding carboxylic acids is 1. The average molecular weight is 375 g/mol. The van der Waals surface area contributed by atoms with Crippen LogP contribution in [0.3, 0.4) is 0 Å². The molecule has 1 aromatic carbocycles. The predicted molar refractivity (Wildman–Crippen MR) is 91.9 cm³/mol. The molecule has 0 radical (unpaired) electrons. The lowest BCUT2D eigenvalue weighted by Crippen LogP contribution is -2.37. The molecule has 0 aliphatic rings. The third-order valence-corrected chi connectivity index (χ3v) is 3.55. The van der Waals surface area contributed by atoms with Gasteiger partial charge in [0, 0.05) is 18.8 Å². The molecular formula is C16H21ClF2N4O2. The highest BCUT2D eigenvalue weighted by Crippen LogP contribution is 2.21. The Balaban J connectivity index is 0.00000312. The summed E-state index contributed by atoms with van der Waals surface area (Å²) in [7, 11) is 3.45. The summed E-state index contributed by atoms with van der Waals surface area (Å²) >= 11 is 0. The van der Waals surface area contributed by atoms with E-state index in [1.807, 2.05) is 0 Å². The lowest BCUT2D eigenvalue weighted by Gasteiger charge is -2.20. The molecule has 2 aromatic rings. The van der Waals surface area contributed by atoms with E-state index in [2.05, 4.69) is 20.5 Å². The summed E-state index contributed by atoms with van der Waals surface area (Å²) < 4.78 is 30.6. The fourth-order valence-corrected chi connectivity index (χ4v) is 2.38. The van der Waals surface area contributed by atoms with Crippen molar-refractivity contribution in [2.45, 2.75) is 25.6 Å². The molecule has 1 aromatic heterocycles. The predicted octanol–water partition coefficient (Wildman–Crippen LogP) is 2.58. The largest absolute Gasteiger partial charge is 0.435 e. The number of benzene rings is 1. The second-order valence-electron chi connectivity index (χ2n) is 5.35. The van der Waals surface area contributed by atoms with E-state index >= 15 is 0 Å². The topological polar surface area (TPSA) is 68.2 Å². The van der Waals surface area contributed by atoms with Crippen molar-refractivity contribution in [1.82, 2.24) is 20.4 Å². The number of halogens is 3. The summed E-state index contributed by atoms with van der Waals surface area (Å²) in [6.45, 7) is -1.11. The van der Waals surface area contributed by atoms with E-state index in [0.717, 1.165) is 5.56 Å². The first-order valence-electron chi connectivity index (χ1n) is 7.41. The van der Waals surface area contributed by atoms with Crippen molar-refractivity contribution in [1.29, 1.82) is 0 Å². The van der Waals surface area contributed by atoms with Crippen molar-refractivity contribution >= 4 is 18.3 Å². The van der Waals surface area contributed by atoms with Crippen molar-refractivity contribution in [2.75, 3.05) is 7.05 Å². The number of amides is 1. The number of aryl methyl sites for hydroxylation is 1. The van der Waals surface area contributed by atoms with Gasteiger partial charge >= 0.3 is 6.61 Å². The average Bonchev–Trinajstić information content (AvgIpc) is 2.93. The summed E-state index contributed by atoms with van der Waals surface area (Å²) in [6.07, 6.45) is 3.37. The SMILES string of the molecule is CNC(C(=O)NC(C)c1cccc(OC(F)F)c1)c1cnn(C)c1.Cl. The molecule has 2 N–H and O–H groups in total. The van der Waals surface area contributed by atoms with E-state index < -0.39 is 12.7 Å². The van der Waals surface area contributed by atoms with Gasteiger partial charge < -0.3 is 15.4 Å². The third kappa shape index (κ3) is 5.68. The minimum absolute atomic E-state index is 0. The summed E-state index contributed by atoms with van der Waals surface area (Å²) in [6, 6.07) is 5.34. The molecule has 0 fully saturated rings. The van der Waals surface area contributed by atoms with Gasteiger partial charge in [-0.25, -0.2) is 0 Å². The molecule has 0 bridgehead atoms. The monoisotopic (exact) mass is 374 g/mol. The Labute approximate surface area is 151 Å². The van der Waals surface area contributed by atoms with Gasteiger partial charge in [0.2, 0.25) is 5.91 Å². The van der Waals surface area contributed by atoms with Gasteiger partial charge in [-0.1, -0.05) is 12.1 Å². The van der Waals surface area contributed by atoms with Crippen LogP contribution in [-0.4, -0.2) is 29.3 Å². The summed E-state index contributed by atoms with van der Waals surface area (Å²) in [5.74, 6) is -0.181. The van der Waals surface area contributed by atoms with E-state index in [9.17, 15) is 13.6 Å². The van der Waals surface area contributed by atoms with E-state index in [0.29, 0.717) is 5.56 Å². The van der Waals surface area contributed by atoms with Crippen LogP contribution >= 0.6 is 12.4 Å². The second-order valence-corrected chi connectivity index (χ2v) is 5.35. The number of nitrogens with one attached hydrogen (secondary N) is 2. The van der Waals surface area contributed by atoms with Crippen molar-refractivity contribution in [2.24, 2.45) is 7.05 Å². The summed E-state index contributed by atoms with van der Waals surface area (Å²) in [4.78, 5) is 12.5. The highest BCUT2D eigenvalue weighted by Gasteiger charge is 2.22. The van der Waals surface area contributed by atoms with Crippen LogP contribution in [0.1, 0.15) is 30.1 Å². The minimum Gasteiger partial charge on any atom is -0.435 e. The first-order valence-corrected chi connectivity index (χ1v) is 7.41. The summed E-state index contributed by atoms with van der Waals surface area (Å²) in [5.41, 5.74) is 1.40. The highest BCUT2D eigenvalue weighted by atomic mass is 35.5. The molecule has 0 saturated heterocycles. The molecule has 0 aliphatic carbocycles. The van der Waals surface area contributed by atoms with Crippen LogP contribution in [0.15, 0.2) is 36.7 Å². The Bertz CT molecular complexity index is 696. The van der Waals surface area contributed by atoms with Crippen molar-refractivity contribution in [3.05, 3.63) is 47.8 Å². The number of rotatable bonds is 7. The number of ether oxygens (including phenoxy) is 1. The fraction of sp³-hybridized carbons (Fsp3) is 0.375. The zero-order chi connectivity index (χ0) is 17.7. The number of likely N-dealkylation sites (N-methyl/N-ethyl adjacent to an activating group) is 1. The Morgan fingerprint density at radius 2 is 2.04 bits per heavy atom. The molecule has 0 spiro atoms. The van der Waals surface area contributed by atoms with Gasteiger partial charge in [0.25, 0.3) is 0 Å². The van der Waals surface area contributed by atoms with Crippen LogP contribution in [0, 0.1) is 0 Å². The zero-order valence-corrected chi connectivity index (χ0v) is 14.9. The first-order chi connectivity index (χ1) is 11.4. The maximum absolute atomic E-state index is 12.5. The van der Waals surface area contributed by atoms with Gasteiger partial charge in [-0.2, -0.15) is 13.9 Å². The quantitative estimate of drug-likeness (QED) is 0.781. The van der Waals surface area contributed by atoms with Crippen LogP contribution in [0.25, 0.3) is 0 Å². The molecule has 2 atom stereocenters. The van der Waals surface area contributed by atoms with Crippen molar-refractivity contribution in [3.8, 4) is 5.75 Å². The van der Waals surface area contributed by atoms with Crippen LogP contribution in [0.4, 0.5) is 8.78 Å². The van der Waals surface area contributed by atoms with Crippen LogP contribution in [-0.2, 0) is 11.8 Å². The zero-order valence-electron chi connectivity index (χ0n) is 14.1. The van der Waals surface area contributed by atoms with Crippen molar-refractivity contribution < 1.29 is 18.3 Å². The molecule has 0 aliphatic heterocycles. The molecule has 0 saturated carbocycles. The number of hydrogen-bond donors (Lipinski definition) is 2. The maximum atomic E-state index is 12.5. The third-order valence-electron chi connectivity index (χ3n) is 3.55. The van der Waals surface area contributed by atoms with Crippen LogP contribution < -0.4 is 15.4 Å². The van der Waals surface area contributed by atoms with Gasteiger partial charge in [-0.05, 0) is 31.7 Å². The molecule has 1 amide bonds. The van der Waals surface area contributed by atoms with E-state index in [1.54, 1.807) is 50.2 Å². The maximum Gasteiger partial charge on any atom is 0.387 e. The van der Waals surface area contributed by atoms with E-state index in [-0.39, 0.29) is 30.1 Å². The van der Waals surface area contributed by atoms with Crippen LogP contribution in [0.2, 0.25) is 0 Å². The van der Waals surface area contributed by atoms with E-state index in [4.69, 9.17) is 0 Å². The lowest BCUT2D eigenvalue weighted by molar-refractivity contribution is -0.123. The van der Waals surface area contributed by atoms with Gasteiger partial charge in [0.05, 0.1) is 12.2 Å². The molecule has 1 heterocycles. The van der Waals surface area contributed by atoms with Gasteiger partial charge in [0.1, 0.15) is 11.8 Å². The standard InChI is InChI=1S/C16H20F2N4O2.ClH/c1-10(11-5-4-6-13(7-11)24-16(17)18)21-15(23)14(19-2)12-8-20-22(3)9-12;/h4-10,14,16,19H,1-3H3,(H,21,23);1H. The van der Waals surface area contributed by atoms with Crippen molar-refractivity contribution in [3.63, 3.8) is 0 Å².